The molecule has 5 nitrogen and oxygen atoms in total. The molecule has 0 aliphatic heterocycles. The number of carboxylic acid groups (broad SMARTS) is 1. The number of aryl methyl sites for hydroxylation is 2. The number of aliphatic carboxylic acids is 1. The highest BCUT2D eigenvalue weighted by Crippen LogP contribution is 2.22. The van der Waals surface area contributed by atoms with Crippen molar-refractivity contribution in [2.24, 2.45) is 0 Å². The van der Waals surface area contributed by atoms with Gasteiger partial charge >= 0.3 is 0 Å². The molecule has 0 spiro atoms. The Morgan fingerprint density at radius 2 is 1.78 bits per heavy atom. The van der Waals surface area contributed by atoms with Crippen LogP contribution in [0.1, 0.15) is 29.2 Å². The van der Waals surface area contributed by atoms with Gasteiger partial charge in [0.1, 0.15) is 0 Å². The monoisotopic (exact) mass is 332 g/mol. The van der Waals surface area contributed by atoms with Crippen LogP contribution in [0.3, 0.4) is 0 Å². The zero-order chi connectivity index (χ0) is 17.0. The molecule has 0 saturated carbocycles. The largest absolute Gasteiger partial charge is 0.550 e. The van der Waals surface area contributed by atoms with Crippen molar-refractivity contribution in [2.45, 2.75) is 31.2 Å². The van der Waals surface area contributed by atoms with Crippen molar-refractivity contribution in [3.63, 3.8) is 0 Å². The molecule has 1 N–H and O–H groups in total. The first-order valence-corrected chi connectivity index (χ1v) is 8.62. The average molecular weight is 332 g/mol. The highest BCUT2D eigenvalue weighted by molar-refractivity contribution is 7.89. The van der Waals surface area contributed by atoms with Crippen molar-refractivity contribution in [3.8, 4) is 0 Å². The number of hydrogen-bond acceptors (Lipinski definition) is 4. The molecule has 0 bridgehead atoms. The quantitative estimate of drug-likeness (QED) is 0.868. The number of hydrogen-bond donors (Lipinski definition) is 1. The number of benzene rings is 2. The van der Waals surface area contributed by atoms with E-state index in [0.29, 0.717) is 11.1 Å². The second-order valence-corrected chi connectivity index (χ2v) is 7.11. The van der Waals surface area contributed by atoms with Crippen LogP contribution in [0.25, 0.3) is 0 Å². The Balaban J connectivity index is 2.36. The lowest BCUT2D eigenvalue weighted by molar-refractivity contribution is -0.306. The SMILES string of the molecule is Cc1ccc(S(=O)(=O)N[C@@H](CC(=O)[O-])c2ccccc2)c(C)c1. The Morgan fingerprint density at radius 3 is 2.35 bits per heavy atom. The summed E-state index contributed by atoms with van der Waals surface area (Å²) in [5.74, 6) is -1.32. The van der Waals surface area contributed by atoms with E-state index >= 15 is 0 Å². The van der Waals surface area contributed by atoms with E-state index in [4.69, 9.17) is 0 Å². The molecule has 0 fully saturated rings. The minimum absolute atomic E-state index is 0.141. The van der Waals surface area contributed by atoms with Gasteiger partial charge in [0.15, 0.2) is 0 Å². The highest BCUT2D eigenvalue weighted by atomic mass is 32.2. The molecular weight excluding hydrogens is 314 g/mol. The molecule has 0 unspecified atom stereocenters. The van der Waals surface area contributed by atoms with Gasteiger partial charge < -0.3 is 9.90 Å². The van der Waals surface area contributed by atoms with Gasteiger partial charge in [-0.2, -0.15) is 0 Å². The molecule has 6 heteroatoms. The molecule has 0 aliphatic carbocycles. The zero-order valence-electron chi connectivity index (χ0n) is 12.9. The van der Waals surface area contributed by atoms with E-state index in [1.165, 1.54) is 6.07 Å². The molecule has 2 aromatic rings. The summed E-state index contributed by atoms with van der Waals surface area (Å²) >= 11 is 0. The number of carboxylic acids is 1. The van der Waals surface area contributed by atoms with Gasteiger partial charge in [0.2, 0.25) is 10.0 Å². The fourth-order valence-electron chi connectivity index (χ4n) is 2.43. The predicted molar refractivity (Wildman–Crippen MR) is 85.0 cm³/mol. The van der Waals surface area contributed by atoms with Gasteiger partial charge in [-0.3, -0.25) is 0 Å². The lowest BCUT2D eigenvalue weighted by Gasteiger charge is -2.20. The second-order valence-electron chi connectivity index (χ2n) is 5.43. The van der Waals surface area contributed by atoms with E-state index in [0.717, 1.165) is 5.56 Å². The fraction of sp³-hybridized carbons (Fsp3) is 0.235. The van der Waals surface area contributed by atoms with Crippen LogP contribution < -0.4 is 9.83 Å². The van der Waals surface area contributed by atoms with Crippen molar-refractivity contribution in [2.75, 3.05) is 0 Å². The van der Waals surface area contributed by atoms with Crippen molar-refractivity contribution in [3.05, 3.63) is 65.2 Å². The Kier molecular flexibility index (Phi) is 5.18. The van der Waals surface area contributed by atoms with Crippen LogP contribution in [0.2, 0.25) is 0 Å². The van der Waals surface area contributed by atoms with E-state index in [9.17, 15) is 18.3 Å². The maximum atomic E-state index is 12.6. The van der Waals surface area contributed by atoms with E-state index in [1.807, 2.05) is 6.92 Å². The molecule has 2 rings (SSSR count). The molecule has 0 amide bonds. The smallest absolute Gasteiger partial charge is 0.241 e. The number of carbonyl (C=O) groups is 1. The molecular formula is C17H18NO4S-. The summed E-state index contributed by atoms with van der Waals surface area (Å²) in [6.07, 6.45) is -0.436. The van der Waals surface area contributed by atoms with Gasteiger partial charge in [-0.25, -0.2) is 13.1 Å². The summed E-state index contributed by atoms with van der Waals surface area (Å²) in [6, 6.07) is 12.7. The summed E-state index contributed by atoms with van der Waals surface area (Å²) in [5, 5.41) is 11.0. The van der Waals surface area contributed by atoms with Crippen molar-refractivity contribution >= 4 is 16.0 Å². The summed E-state index contributed by atoms with van der Waals surface area (Å²) in [6.45, 7) is 3.58. The van der Waals surface area contributed by atoms with Gasteiger partial charge in [-0.15, -0.1) is 0 Å². The maximum absolute atomic E-state index is 12.6. The van der Waals surface area contributed by atoms with Crippen LogP contribution in [0.15, 0.2) is 53.4 Å². The molecule has 1 atom stereocenters. The molecule has 122 valence electrons. The molecule has 0 heterocycles. The average Bonchev–Trinajstić information content (AvgIpc) is 2.46. The highest BCUT2D eigenvalue weighted by Gasteiger charge is 2.23. The topological polar surface area (TPSA) is 86.3 Å². The predicted octanol–water partition coefficient (Wildman–Crippen LogP) is 1.46. The van der Waals surface area contributed by atoms with E-state index < -0.39 is 28.5 Å². The molecule has 2 aromatic carbocycles. The lowest BCUT2D eigenvalue weighted by Crippen LogP contribution is -2.34. The number of rotatable bonds is 6. The second kappa shape index (κ2) is 6.93. The van der Waals surface area contributed by atoms with Crippen LogP contribution in [0.4, 0.5) is 0 Å². The van der Waals surface area contributed by atoms with Gasteiger partial charge in [-0.1, -0.05) is 48.0 Å². The van der Waals surface area contributed by atoms with Gasteiger partial charge in [0.05, 0.1) is 10.9 Å². The minimum atomic E-state index is -3.84. The van der Waals surface area contributed by atoms with Crippen LogP contribution in [0, 0.1) is 13.8 Å². The Labute approximate surface area is 136 Å². The van der Waals surface area contributed by atoms with E-state index in [1.54, 1.807) is 49.4 Å². The van der Waals surface area contributed by atoms with Gasteiger partial charge in [0, 0.05) is 12.4 Å². The lowest BCUT2D eigenvalue weighted by atomic mass is 10.1. The van der Waals surface area contributed by atoms with E-state index in [2.05, 4.69) is 4.72 Å². The van der Waals surface area contributed by atoms with Crippen LogP contribution in [-0.2, 0) is 14.8 Å². The summed E-state index contributed by atoms with van der Waals surface area (Å²) in [7, 11) is -3.84. The van der Waals surface area contributed by atoms with Crippen LogP contribution in [-0.4, -0.2) is 14.4 Å². The van der Waals surface area contributed by atoms with Gasteiger partial charge in [0.25, 0.3) is 0 Å². The number of nitrogens with one attached hydrogen (secondary N) is 1. The molecule has 0 saturated heterocycles. The standard InChI is InChI=1S/C17H19NO4S/c1-12-8-9-16(13(2)10-12)23(21,22)18-15(11-17(19)20)14-6-4-3-5-7-14/h3-10,15,18H,11H2,1-2H3,(H,19,20)/p-1/t15-/m0/s1. The van der Waals surface area contributed by atoms with Crippen LogP contribution >= 0.6 is 0 Å². The summed E-state index contributed by atoms with van der Waals surface area (Å²) < 4.78 is 27.7. The third kappa shape index (κ3) is 4.40. The fourth-order valence-corrected chi connectivity index (χ4v) is 3.88. The minimum Gasteiger partial charge on any atom is -0.550 e. The Hall–Kier alpha value is -2.18. The van der Waals surface area contributed by atoms with Crippen molar-refractivity contribution < 1.29 is 18.3 Å². The van der Waals surface area contributed by atoms with E-state index in [-0.39, 0.29) is 4.90 Å². The molecule has 0 radical (unpaired) electrons. The molecule has 0 aliphatic rings. The first-order valence-electron chi connectivity index (χ1n) is 7.14. The zero-order valence-corrected chi connectivity index (χ0v) is 13.8. The Morgan fingerprint density at radius 1 is 1.13 bits per heavy atom. The third-order valence-electron chi connectivity index (χ3n) is 3.49. The number of carbonyl (C=O) groups excluding carboxylic acids is 1. The molecule has 23 heavy (non-hydrogen) atoms. The molecule has 0 aromatic heterocycles. The first kappa shape index (κ1) is 17.2. The first-order chi connectivity index (χ1) is 10.8. The number of sulfonamides is 1. The summed E-state index contributed by atoms with van der Waals surface area (Å²) in [4.78, 5) is 11.1. The Bertz CT molecular complexity index is 801. The normalized spacial score (nSPS) is 12.8. The third-order valence-corrected chi connectivity index (χ3v) is 5.12. The maximum Gasteiger partial charge on any atom is 0.241 e. The van der Waals surface area contributed by atoms with Crippen molar-refractivity contribution in [1.82, 2.24) is 4.72 Å². The van der Waals surface area contributed by atoms with Gasteiger partial charge in [-0.05, 0) is 31.0 Å². The summed E-state index contributed by atoms with van der Waals surface area (Å²) in [5.41, 5.74) is 2.14. The van der Waals surface area contributed by atoms with Crippen LogP contribution in [0.5, 0.6) is 0 Å². The van der Waals surface area contributed by atoms with Crippen molar-refractivity contribution in [1.29, 1.82) is 0 Å².